The van der Waals surface area contributed by atoms with Crippen LogP contribution in [0.5, 0.6) is 11.5 Å². The molecule has 1 heterocycles. The van der Waals surface area contributed by atoms with Crippen LogP contribution in [0.2, 0.25) is 5.02 Å². The lowest BCUT2D eigenvalue weighted by Gasteiger charge is -2.05. The van der Waals surface area contributed by atoms with Gasteiger partial charge in [0.15, 0.2) is 16.4 Å². The molecule has 2 aromatic rings. The zero-order chi connectivity index (χ0) is 17.2. The molecule has 0 aromatic heterocycles. The molecule has 3 rings (SSSR count). The maximum atomic E-state index is 12.5. The number of hydrogen-bond donors (Lipinski definition) is 1. The average molecular weight is 363 g/mol. The maximum Gasteiger partial charge on any atom is 0.231 e. The summed E-state index contributed by atoms with van der Waals surface area (Å²) in [7, 11) is -3.93. The molecule has 0 radical (unpaired) electrons. The van der Waals surface area contributed by atoms with Gasteiger partial charge in [0.25, 0.3) is 0 Å². The third kappa shape index (κ3) is 3.15. The second-order valence-electron chi connectivity index (χ2n) is 4.79. The summed E-state index contributed by atoms with van der Waals surface area (Å²) < 4.78 is 35.4. The second kappa shape index (κ2) is 6.43. The molecule has 1 aliphatic rings. The number of fused-ring (bicyclic) bond motifs is 1. The molecule has 8 heteroatoms. The van der Waals surface area contributed by atoms with Crippen LogP contribution in [0, 0.1) is 11.3 Å². The molecule has 0 unspecified atom stereocenters. The molecule has 0 spiro atoms. The molecule has 1 aliphatic heterocycles. The van der Waals surface area contributed by atoms with E-state index in [0.717, 1.165) is 6.20 Å². The zero-order valence-electron chi connectivity index (χ0n) is 12.2. The predicted molar refractivity (Wildman–Crippen MR) is 88.5 cm³/mol. The van der Waals surface area contributed by atoms with Gasteiger partial charge in [0.05, 0.1) is 4.90 Å². The zero-order valence-corrected chi connectivity index (χ0v) is 13.8. The number of halogens is 1. The first-order valence-corrected chi connectivity index (χ1v) is 8.64. The first-order chi connectivity index (χ1) is 11.5. The van der Waals surface area contributed by atoms with Crippen LogP contribution in [0.1, 0.15) is 0 Å². The minimum absolute atomic E-state index is 0.00723. The normalized spacial score (nSPS) is 13.4. The number of hydrogen-bond acceptors (Lipinski definition) is 6. The average Bonchev–Trinajstić information content (AvgIpc) is 3.03. The van der Waals surface area contributed by atoms with E-state index in [0.29, 0.717) is 22.2 Å². The summed E-state index contributed by atoms with van der Waals surface area (Å²) in [4.78, 5) is -0.422. The Bertz CT molecular complexity index is 947. The van der Waals surface area contributed by atoms with Crippen molar-refractivity contribution in [3.63, 3.8) is 0 Å². The fourth-order valence-electron chi connectivity index (χ4n) is 2.05. The summed E-state index contributed by atoms with van der Waals surface area (Å²) >= 11 is 5.75. The van der Waals surface area contributed by atoms with Crippen LogP contribution in [0.25, 0.3) is 0 Å². The molecule has 0 saturated carbocycles. The molecule has 6 nitrogen and oxygen atoms in total. The summed E-state index contributed by atoms with van der Waals surface area (Å²) in [5.74, 6) is 1.16. The Hall–Kier alpha value is -2.69. The number of nitriles is 1. The summed E-state index contributed by atoms with van der Waals surface area (Å²) in [5.41, 5.74) is 0.568. The summed E-state index contributed by atoms with van der Waals surface area (Å²) in [6, 6.07) is 12.3. The Labute approximate surface area is 143 Å². The van der Waals surface area contributed by atoms with Gasteiger partial charge < -0.3 is 14.8 Å². The highest BCUT2D eigenvalue weighted by molar-refractivity contribution is 7.95. The van der Waals surface area contributed by atoms with E-state index in [-0.39, 0.29) is 11.7 Å². The smallest absolute Gasteiger partial charge is 0.231 e. The van der Waals surface area contributed by atoms with Crippen molar-refractivity contribution < 1.29 is 17.9 Å². The van der Waals surface area contributed by atoms with Crippen LogP contribution >= 0.6 is 11.6 Å². The molecule has 122 valence electrons. The van der Waals surface area contributed by atoms with Gasteiger partial charge in [-0.25, -0.2) is 8.42 Å². The number of nitrogens with one attached hydrogen (secondary N) is 1. The lowest BCUT2D eigenvalue weighted by molar-refractivity contribution is 0.174. The van der Waals surface area contributed by atoms with Gasteiger partial charge in [-0.2, -0.15) is 5.26 Å². The van der Waals surface area contributed by atoms with Gasteiger partial charge in [-0.15, -0.1) is 0 Å². The fraction of sp³-hybridized carbons (Fsp3) is 0.0625. The van der Waals surface area contributed by atoms with E-state index in [9.17, 15) is 13.7 Å². The van der Waals surface area contributed by atoms with Crippen molar-refractivity contribution in [3.05, 3.63) is 58.6 Å². The summed E-state index contributed by atoms with van der Waals surface area (Å²) in [6.45, 7) is 0.142. The van der Waals surface area contributed by atoms with Crippen LogP contribution in [0.15, 0.2) is 58.5 Å². The Balaban J connectivity index is 1.87. The predicted octanol–water partition coefficient (Wildman–Crippen LogP) is 3.32. The van der Waals surface area contributed by atoms with Gasteiger partial charge in [-0.05, 0) is 36.4 Å². The van der Waals surface area contributed by atoms with Crippen LogP contribution in [0.4, 0.5) is 5.69 Å². The van der Waals surface area contributed by atoms with Crippen molar-refractivity contribution in [1.82, 2.24) is 0 Å². The standard InChI is InChI=1S/C16H11ClN2O4S/c17-11-1-4-13(5-2-11)24(20,21)14(8-18)9-19-12-3-6-15-16(7-12)23-10-22-15/h1-7,9,19H,10H2/b14-9+. The van der Waals surface area contributed by atoms with Gasteiger partial charge >= 0.3 is 0 Å². The van der Waals surface area contributed by atoms with E-state index in [1.807, 2.05) is 0 Å². The van der Waals surface area contributed by atoms with Gasteiger partial charge in [-0.1, -0.05) is 11.6 Å². The lowest BCUT2D eigenvalue weighted by atomic mass is 10.3. The van der Waals surface area contributed by atoms with Gasteiger partial charge in [0, 0.05) is 23.0 Å². The van der Waals surface area contributed by atoms with E-state index >= 15 is 0 Å². The third-order valence-electron chi connectivity index (χ3n) is 3.27. The van der Waals surface area contributed by atoms with Crippen LogP contribution < -0.4 is 14.8 Å². The van der Waals surface area contributed by atoms with Crippen molar-refractivity contribution in [3.8, 4) is 17.6 Å². The Morgan fingerprint density at radius 1 is 1.17 bits per heavy atom. The topological polar surface area (TPSA) is 88.4 Å². The molecule has 0 fully saturated rings. The minimum Gasteiger partial charge on any atom is -0.454 e. The van der Waals surface area contributed by atoms with Crippen molar-refractivity contribution in [2.45, 2.75) is 4.90 Å². The van der Waals surface area contributed by atoms with Crippen LogP contribution in [0.3, 0.4) is 0 Å². The van der Waals surface area contributed by atoms with E-state index in [2.05, 4.69) is 5.32 Å². The number of nitrogens with zero attached hydrogens (tertiary/aromatic N) is 1. The highest BCUT2D eigenvalue weighted by atomic mass is 35.5. The van der Waals surface area contributed by atoms with E-state index in [1.165, 1.54) is 24.3 Å². The SMILES string of the molecule is N#C/C(=C\Nc1ccc2c(c1)OCO2)S(=O)(=O)c1ccc(Cl)cc1. The molecular formula is C16H11ClN2O4S. The molecule has 0 amide bonds. The molecule has 1 N–H and O–H groups in total. The Morgan fingerprint density at radius 3 is 2.58 bits per heavy atom. The number of ether oxygens (including phenoxy) is 2. The van der Waals surface area contributed by atoms with Crippen molar-refractivity contribution in [1.29, 1.82) is 5.26 Å². The highest BCUT2D eigenvalue weighted by Gasteiger charge is 2.21. The molecular weight excluding hydrogens is 352 g/mol. The van der Waals surface area contributed by atoms with E-state index in [4.69, 9.17) is 21.1 Å². The summed E-state index contributed by atoms with van der Waals surface area (Å²) in [6.07, 6.45) is 1.14. The minimum atomic E-state index is -3.93. The van der Waals surface area contributed by atoms with Gasteiger partial charge in [-0.3, -0.25) is 0 Å². The van der Waals surface area contributed by atoms with Gasteiger partial charge in [0.2, 0.25) is 16.6 Å². The number of benzene rings is 2. The van der Waals surface area contributed by atoms with E-state index in [1.54, 1.807) is 24.3 Å². The molecule has 0 saturated heterocycles. The summed E-state index contributed by atoms with van der Waals surface area (Å²) in [5, 5.41) is 12.4. The molecule has 24 heavy (non-hydrogen) atoms. The number of sulfone groups is 1. The fourth-order valence-corrected chi connectivity index (χ4v) is 3.25. The molecule has 0 atom stereocenters. The Morgan fingerprint density at radius 2 is 1.88 bits per heavy atom. The second-order valence-corrected chi connectivity index (χ2v) is 7.14. The molecule has 0 bridgehead atoms. The van der Waals surface area contributed by atoms with Crippen molar-refractivity contribution in [2.24, 2.45) is 0 Å². The maximum absolute atomic E-state index is 12.5. The highest BCUT2D eigenvalue weighted by Crippen LogP contribution is 2.34. The third-order valence-corrected chi connectivity index (χ3v) is 5.20. The van der Waals surface area contributed by atoms with Crippen molar-refractivity contribution >= 4 is 27.1 Å². The lowest BCUT2D eigenvalue weighted by Crippen LogP contribution is -2.05. The van der Waals surface area contributed by atoms with E-state index < -0.39 is 14.7 Å². The van der Waals surface area contributed by atoms with Crippen molar-refractivity contribution in [2.75, 3.05) is 12.1 Å². The van der Waals surface area contributed by atoms with Gasteiger partial charge in [0.1, 0.15) is 6.07 Å². The number of rotatable bonds is 4. The number of allylic oxidation sites excluding steroid dienone is 1. The number of anilines is 1. The molecule has 2 aromatic carbocycles. The van der Waals surface area contributed by atoms with Crippen LogP contribution in [-0.2, 0) is 9.84 Å². The molecule has 0 aliphatic carbocycles. The quantitative estimate of drug-likeness (QED) is 0.839. The monoisotopic (exact) mass is 362 g/mol. The Kier molecular flexibility index (Phi) is 4.34. The van der Waals surface area contributed by atoms with Crippen LogP contribution in [-0.4, -0.2) is 15.2 Å². The first kappa shape index (κ1) is 16.2. The largest absolute Gasteiger partial charge is 0.454 e. The first-order valence-electron chi connectivity index (χ1n) is 6.78.